The van der Waals surface area contributed by atoms with Gasteiger partial charge in [0.15, 0.2) is 0 Å². The molecule has 1 unspecified atom stereocenters. The molecule has 0 radical (unpaired) electrons. The van der Waals surface area contributed by atoms with Gasteiger partial charge in [0.25, 0.3) is 5.91 Å². The highest BCUT2D eigenvalue weighted by Crippen LogP contribution is 2.43. The Kier molecular flexibility index (Phi) is 4.98. The van der Waals surface area contributed by atoms with Gasteiger partial charge < -0.3 is 10.4 Å². The average Bonchev–Trinajstić information content (AvgIpc) is 3.13. The lowest BCUT2D eigenvalue weighted by molar-refractivity contribution is 0.0563. The molecule has 1 heterocycles. The smallest absolute Gasteiger partial charge is 0.271 e. The van der Waals surface area contributed by atoms with Gasteiger partial charge in [-0.25, -0.2) is 4.68 Å². The summed E-state index contributed by atoms with van der Waals surface area (Å²) < 4.78 is 1.59. The fourth-order valence-electron chi connectivity index (χ4n) is 3.56. The lowest BCUT2D eigenvalue weighted by atomic mass is 9.74. The molecule has 1 aliphatic carbocycles. The van der Waals surface area contributed by atoms with E-state index in [9.17, 15) is 9.90 Å². The number of carbonyl (C=O) groups excluding carboxylic acids is 1. The number of aliphatic hydroxyl groups is 1. The molecule has 1 aromatic heterocycles. The van der Waals surface area contributed by atoms with Gasteiger partial charge in [-0.2, -0.15) is 0 Å². The first-order chi connectivity index (χ1) is 10.0. The fourth-order valence-corrected chi connectivity index (χ4v) is 3.56. The molecule has 1 aliphatic rings. The molecule has 2 rings (SSSR count). The van der Waals surface area contributed by atoms with E-state index < -0.39 is 0 Å². The van der Waals surface area contributed by atoms with E-state index in [1.54, 1.807) is 4.68 Å². The van der Waals surface area contributed by atoms with E-state index in [1.165, 1.54) is 6.20 Å². The van der Waals surface area contributed by atoms with Crippen LogP contribution in [-0.2, 0) is 6.54 Å². The van der Waals surface area contributed by atoms with Crippen LogP contribution in [0, 0.1) is 11.3 Å². The highest BCUT2D eigenvalue weighted by molar-refractivity contribution is 5.92. The van der Waals surface area contributed by atoms with Crippen LogP contribution in [0.3, 0.4) is 0 Å². The molecule has 0 saturated heterocycles. The number of aliphatic hydroxyl groups excluding tert-OH is 1. The van der Waals surface area contributed by atoms with Gasteiger partial charge in [0.05, 0.1) is 12.8 Å². The van der Waals surface area contributed by atoms with E-state index in [0.717, 1.165) is 25.7 Å². The van der Waals surface area contributed by atoms with E-state index in [2.05, 4.69) is 29.5 Å². The van der Waals surface area contributed by atoms with Crippen molar-refractivity contribution in [2.45, 2.75) is 59.0 Å². The van der Waals surface area contributed by atoms with Crippen LogP contribution >= 0.6 is 0 Å². The summed E-state index contributed by atoms with van der Waals surface area (Å²) in [5.41, 5.74) is 0.295. The van der Waals surface area contributed by atoms with Gasteiger partial charge in [0.2, 0.25) is 0 Å². The minimum atomic E-state index is -0.186. The zero-order valence-corrected chi connectivity index (χ0v) is 13.2. The Bertz CT molecular complexity index is 478. The number of amides is 1. The van der Waals surface area contributed by atoms with Gasteiger partial charge in [-0.15, -0.1) is 5.10 Å². The van der Waals surface area contributed by atoms with Crippen molar-refractivity contribution >= 4 is 5.91 Å². The minimum absolute atomic E-state index is 0.0299. The second kappa shape index (κ2) is 6.56. The first-order valence-electron chi connectivity index (χ1n) is 7.84. The second-order valence-electron chi connectivity index (χ2n) is 6.36. The molecular formula is C15H26N4O2. The maximum absolute atomic E-state index is 12.5. The molecule has 118 valence electrons. The summed E-state index contributed by atoms with van der Waals surface area (Å²) in [7, 11) is 0. The third-order valence-electron chi connectivity index (χ3n) is 4.68. The first kappa shape index (κ1) is 15.9. The second-order valence-corrected chi connectivity index (χ2v) is 6.36. The molecule has 0 aliphatic heterocycles. The quantitative estimate of drug-likeness (QED) is 0.835. The van der Waals surface area contributed by atoms with E-state index in [1.807, 2.05) is 6.92 Å². The van der Waals surface area contributed by atoms with Crippen molar-refractivity contribution in [1.29, 1.82) is 0 Å². The van der Waals surface area contributed by atoms with Gasteiger partial charge in [0, 0.05) is 18.0 Å². The SMILES string of the molecule is CCn1nncc1C(=O)NC(C(C)C)C1(CO)CCCC1. The molecule has 0 bridgehead atoms. The number of hydrogen-bond acceptors (Lipinski definition) is 4. The van der Waals surface area contributed by atoms with E-state index in [-0.39, 0.29) is 29.9 Å². The fraction of sp³-hybridized carbons (Fsp3) is 0.800. The average molecular weight is 294 g/mol. The molecule has 6 heteroatoms. The van der Waals surface area contributed by atoms with Crippen molar-refractivity contribution in [1.82, 2.24) is 20.3 Å². The highest BCUT2D eigenvalue weighted by atomic mass is 16.3. The number of nitrogens with one attached hydrogen (secondary N) is 1. The molecule has 1 aromatic rings. The minimum Gasteiger partial charge on any atom is -0.396 e. The first-order valence-corrected chi connectivity index (χ1v) is 7.84. The Morgan fingerprint density at radius 1 is 1.48 bits per heavy atom. The van der Waals surface area contributed by atoms with Crippen LogP contribution in [0.1, 0.15) is 56.9 Å². The van der Waals surface area contributed by atoms with Crippen molar-refractivity contribution < 1.29 is 9.90 Å². The molecule has 1 saturated carbocycles. The normalized spacial score (nSPS) is 18.9. The molecule has 1 amide bonds. The Hall–Kier alpha value is -1.43. The predicted molar refractivity (Wildman–Crippen MR) is 79.8 cm³/mol. The topological polar surface area (TPSA) is 80.0 Å². The number of nitrogens with zero attached hydrogens (tertiary/aromatic N) is 3. The Morgan fingerprint density at radius 2 is 2.14 bits per heavy atom. The number of hydrogen-bond donors (Lipinski definition) is 2. The molecule has 0 aromatic carbocycles. The van der Waals surface area contributed by atoms with Crippen molar-refractivity contribution in [2.24, 2.45) is 11.3 Å². The van der Waals surface area contributed by atoms with Crippen LogP contribution in [0.15, 0.2) is 6.20 Å². The van der Waals surface area contributed by atoms with Crippen molar-refractivity contribution in [3.05, 3.63) is 11.9 Å². The third kappa shape index (κ3) is 3.10. The maximum atomic E-state index is 12.5. The summed E-state index contributed by atoms with van der Waals surface area (Å²) in [6.45, 7) is 6.85. The van der Waals surface area contributed by atoms with Crippen molar-refractivity contribution in [3.63, 3.8) is 0 Å². The van der Waals surface area contributed by atoms with Gasteiger partial charge in [0.1, 0.15) is 5.69 Å². The monoisotopic (exact) mass is 294 g/mol. The molecule has 2 N–H and O–H groups in total. The number of aryl methyl sites for hydroxylation is 1. The van der Waals surface area contributed by atoms with Crippen LogP contribution in [0.4, 0.5) is 0 Å². The van der Waals surface area contributed by atoms with Crippen LogP contribution in [-0.4, -0.2) is 38.7 Å². The van der Waals surface area contributed by atoms with Gasteiger partial charge in [-0.3, -0.25) is 4.79 Å². The van der Waals surface area contributed by atoms with Crippen LogP contribution < -0.4 is 5.32 Å². The molecule has 1 fully saturated rings. The van der Waals surface area contributed by atoms with Crippen molar-refractivity contribution in [2.75, 3.05) is 6.61 Å². The summed E-state index contributed by atoms with van der Waals surface area (Å²) in [6, 6.07) is -0.0299. The van der Waals surface area contributed by atoms with E-state index >= 15 is 0 Å². The Balaban J connectivity index is 2.18. The van der Waals surface area contributed by atoms with Crippen LogP contribution in [0.2, 0.25) is 0 Å². The Labute approximate surface area is 125 Å². The largest absolute Gasteiger partial charge is 0.396 e. The molecule has 6 nitrogen and oxygen atoms in total. The Morgan fingerprint density at radius 3 is 2.67 bits per heavy atom. The summed E-state index contributed by atoms with van der Waals surface area (Å²) in [5.74, 6) is 0.116. The number of aromatic nitrogens is 3. The highest BCUT2D eigenvalue weighted by Gasteiger charge is 2.43. The lowest BCUT2D eigenvalue weighted by Gasteiger charge is -2.39. The lowest BCUT2D eigenvalue weighted by Crippen LogP contribution is -2.51. The summed E-state index contributed by atoms with van der Waals surface area (Å²) in [4.78, 5) is 12.5. The zero-order chi connectivity index (χ0) is 15.5. The third-order valence-corrected chi connectivity index (χ3v) is 4.68. The summed E-state index contributed by atoms with van der Waals surface area (Å²) in [6.07, 6.45) is 5.68. The van der Waals surface area contributed by atoms with E-state index in [0.29, 0.717) is 12.2 Å². The van der Waals surface area contributed by atoms with Gasteiger partial charge in [-0.05, 0) is 25.7 Å². The summed E-state index contributed by atoms with van der Waals surface area (Å²) in [5, 5.41) is 20.7. The maximum Gasteiger partial charge on any atom is 0.271 e. The summed E-state index contributed by atoms with van der Waals surface area (Å²) >= 11 is 0. The van der Waals surface area contributed by atoms with Crippen molar-refractivity contribution in [3.8, 4) is 0 Å². The van der Waals surface area contributed by atoms with E-state index in [4.69, 9.17) is 0 Å². The number of carbonyl (C=O) groups is 1. The predicted octanol–water partition coefficient (Wildman–Crippen LogP) is 1.61. The van der Waals surface area contributed by atoms with Gasteiger partial charge in [-0.1, -0.05) is 31.9 Å². The van der Waals surface area contributed by atoms with Crippen LogP contribution in [0.5, 0.6) is 0 Å². The molecular weight excluding hydrogens is 268 g/mol. The zero-order valence-electron chi connectivity index (χ0n) is 13.2. The molecule has 1 atom stereocenters. The van der Waals surface area contributed by atoms with Crippen LogP contribution in [0.25, 0.3) is 0 Å². The standard InChI is InChI=1S/C15H26N4O2/c1-4-19-12(9-16-18-19)14(21)17-13(11(2)3)15(10-20)7-5-6-8-15/h9,11,13,20H,4-8,10H2,1-3H3,(H,17,21). The van der Waals surface area contributed by atoms with Gasteiger partial charge >= 0.3 is 0 Å². The molecule has 21 heavy (non-hydrogen) atoms. The molecule has 0 spiro atoms. The number of rotatable bonds is 6.